The summed E-state index contributed by atoms with van der Waals surface area (Å²) >= 11 is 0. The maximum absolute atomic E-state index is 4.44. The number of nitrogens with one attached hydrogen (secondary N) is 2. The van der Waals surface area contributed by atoms with Crippen molar-refractivity contribution < 1.29 is 0 Å². The maximum atomic E-state index is 4.44. The Hall–Kier alpha value is -2.30. The van der Waals surface area contributed by atoms with E-state index >= 15 is 0 Å². The molecule has 2 aromatic heterocycles. The van der Waals surface area contributed by atoms with Crippen molar-refractivity contribution in [3.63, 3.8) is 0 Å². The predicted molar refractivity (Wildman–Crippen MR) is 66.6 cm³/mol. The lowest BCUT2D eigenvalue weighted by molar-refractivity contribution is 0.809. The molecule has 0 aliphatic heterocycles. The average molecular weight is 227 g/mol. The number of H-pyrrole nitrogens is 1. The fraction of sp³-hybridized carbons (Fsp3) is 0.167. The number of hydrogen-bond donors (Lipinski definition) is 2. The van der Waals surface area contributed by atoms with Crippen molar-refractivity contribution >= 4 is 17.0 Å². The predicted octanol–water partition coefficient (Wildman–Crippen LogP) is 1.91. The fourth-order valence-electron chi connectivity index (χ4n) is 1.77. The van der Waals surface area contributed by atoms with Crippen LogP contribution in [0, 0.1) is 0 Å². The zero-order valence-electron chi connectivity index (χ0n) is 9.51. The van der Waals surface area contributed by atoms with Crippen LogP contribution >= 0.6 is 0 Å². The van der Waals surface area contributed by atoms with Crippen molar-refractivity contribution in [2.24, 2.45) is 7.05 Å². The van der Waals surface area contributed by atoms with Gasteiger partial charge in [-0.1, -0.05) is 12.1 Å². The van der Waals surface area contributed by atoms with Crippen LogP contribution in [0.25, 0.3) is 11.0 Å². The van der Waals surface area contributed by atoms with Gasteiger partial charge in [0.2, 0.25) is 5.95 Å². The number of fused-ring (bicyclic) bond motifs is 1. The fourth-order valence-corrected chi connectivity index (χ4v) is 1.77. The molecule has 0 saturated carbocycles. The molecule has 2 heterocycles. The first-order valence-electron chi connectivity index (χ1n) is 5.48. The van der Waals surface area contributed by atoms with E-state index in [2.05, 4.69) is 20.3 Å². The molecular formula is C12H13N5. The first-order valence-corrected chi connectivity index (χ1v) is 5.48. The summed E-state index contributed by atoms with van der Waals surface area (Å²) in [6, 6.07) is 7.96. The second-order valence-corrected chi connectivity index (χ2v) is 3.91. The monoisotopic (exact) mass is 227 g/mol. The summed E-state index contributed by atoms with van der Waals surface area (Å²) in [5.74, 6) is 1.75. The van der Waals surface area contributed by atoms with E-state index in [4.69, 9.17) is 0 Å². The number of imidazole rings is 2. The van der Waals surface area contributed by atoms with Crippen molar-refractivity contribution in [1.82, 2.24) is 19.5 Å². The molecule has 17 heavy (non-hydrogen) atoms. The van der Waals surface area contributed by atoms with Crippen LogP contribution in [0.2, 0.25) is 0 Å². The second kappa shape index (κ2) is 3.93. The third-order valence-electron chi connectivity index (χ3n) is 2.72. The minimum absolute atomic E-state index is 0.656. The van der Waals surface area contributed by atoms with Crippen molar-refractivity contribution in [2.45, 2.75) is 6.54 Å². The van der Waals surface area contributed by atoms with Crippen molar-refractivity contribution in [3.8, 4) is 0 Å². The van der Waals surface area contributed by atoms with Gasteiger partial charge in [0.15, 0.2) is 0 Å². The zero-order chi connectivity index (χ0) is 11.7. The van der Waals surface area contributed by atoms with Crippen LogP contribution in [0.4, 0.5) is 5.95 Å². The molecule has 0 aliphatic carbocycles. The lowest BCUT2D eigenvalue weighted by Gasteiger charge is -2.02. The molecular weight excluding hydrogens is 214 g/mol. The molecule has 0 bridgehead atoms. The highest BCUT2D eigenvalue weighted by Gasteiger charge is 2.03. The van der Waals surface area contributed by atoms with Crippen LogP contribution in [-0.2, 0) is 13.6 Å². The normalized spacial score (nSPS) is 10.9. The van der Waals surface area contributed by atoms with Gasteiger partial charge in [-0.15, -0.1) is 0 Å². The zero-order valence-corrected chi connectivity index (χ0v) is 9.51. The summed E-state index contributed by atoms with van der Waals surface area (Å²) in [7, 11) is 1.97. The Kier molecular flexibility index (Phi) is 2.29. The van der Waals surface area contributed by atoms with Gasteiger partial charge in [-0.05, 0) is 12.1 Å². The van der Waals surface area contributed by atoms with E-state index in [9.17, 15) is 0 Å². The lowest BCUT2D eigenvalue weighted by atomic mass is 10.3. The Labute approximate surface area is 98.5 Å². The number of rotatable bonds is 3. The molecule has 0 fully saturated rings. The number of anilines is 1. The van der Waals surface area contributed by atoms with E-state index in [0.29, 0.717) is 6.54 Å². The molecule has 5 nitrogen and oxygen atoms in total. The number of hydrogen-bond acceptors (Lipinski definition) is 3. The number of aromatic nitrogens is 4. The van der Waals surface area contributed by atoms with E-state index in [0.717, 1.165) is 22.8 Å². The van der Waals surface area contributed by atoms with Crippen LogP contribution in [0.3, 0.4) is 0 Å². The van der Waals surface area contributed by atoms with Gasteiger partial charge < -0.3 is 14.9 Å². The molecule has 5 heteroatoms. The highest BCUT2D eigenvalue weighted by atomic mass is 15.1. The third kappa shape index (κ3) is 1.87. The van der Waals surface area contributed by atoms with Crippen LogP contribution in [-0.4, -0.2) is 19.5 Å². The summed E-state index contributed by atoms with van der Waals surface area (Å²) in [5, 5.41) is 3.23. The Balaban J connectivity index is 1.79. The Morgan fingerprint density at radius 1 is 1.35 bits per heavy atom. The van der Waals surface area contributed by atoms with E-state index < -0.39 is 0 Å². The molecule has 0 aliphatic rings. The number of aromatic amines is 1. The summed E-state index contributed by atoms with van der Waals surface area (Å²) in [4.78, 5) is 11.9. The van der Waals surface area contributed by atoms with Gasteiger partial charge in [0.1, 0.15) is 5.82 Å². The SMILES string of the molecule is Cn1ccnc1CNc1nc2ccccc2[nH]1. The minimum Gasteiger partial charge on any atom is -0.349 e. The third-order valence-corrected chi connectivity index (χ3v) is 2.72. The molecule has 0 unspecified atom stereocenters. The van der Waals surface area contributed by atoms with Gasteiger partial charge in [0.05, 0.1) is 17.6 Å². The topological polar surface area (TPSA) is 58.5 Å². The molecule has 0 saturated heterocycles. The molecule has 3 rings (SSSR count). The molecule has 0 atom stereocenters. The first kappa shape index (κ1) is 9.89. The standard InChI is InChI=1S/C12H13N5/c1-17-7-6-13-11(17)8-14-12-15-9-4-2-3-5-10(9)16-12/h2-7H,8H2,1H3,(H2,14,15,16). The maximum Gasteiger partial charge on any atom is 0.201 e. The van der Waals surface area contributed by atoms with Crippen molar-refractivity contribution in [2.75, 3.05) is 5.32 Å². The molecule has 0 amide bonds. The Morgan fingerprint density at radius 3 is 3.00 bits per heavy atom. The number of para-hydroxylation sites is 2. The highest BCUT2D eigenvalue weighted by Crippen LogP contribution is 2.13. The van der Waals surface area contributed by atoms with Gasteiger partial charge >= 0.3 is 0 Å². The highest BCUT2D eigenvalue weighted by molar-refractivity contribution is 5.77. The van der Waals surface area contributed by atoms with Crippen molar-refractivity contribution in [1.29, 1.82) is 0 Å². The molecule has 2 N–H and O–H groups in total. The van der Waals surface area contributed by atoms with Gasteiger partial charge in [-0.25, -0.2) is 9.97 Å². The van der Waals surface area contributed by atoms with Gasteiger partial charge in [0.25, 0.3) is 0 Å². The summed E-state index contributed by atoms with van der Waals surface area (Å²) in [6.45, 7) is 0.656. The van der Waals surface area contributed by atoms with Crippen molar-refractivity contribution in [3.05, 3.63) is 42.5 Å². The van der Waals surface area contributed by atoms with Crippen LogP contribution in [0.5, 0.6) is 0 Å². The van der Waals surface area contributed by atoms with Crippen LogP contribution in [0.1, 0.15) is 5.82 Å². The van der Waals surface area contributed by atoms with E-state index in [1.165, 1.54) is 0 Å². The summed E-state index contributed by atoms with van der Waals surface area (Å²) in [5.41, 5.74) is 2.00. The lowest BCUT2D eigenvalue weighted by Crippen LogP contribution is -2.06. The van der Waals surface area contributed by atoms with Crippen LogP contribution in [0.15, 0.2) is 36.7 Å². The van der Waals surface area contributed by atoms with Gasteiger partial charge in [0, 0.05) is 19.4 Å². The number of benzene rings is 1. The molecule has 86 valence electrons. The Bertz CT molecular complexity index is 604. The van der Waals surface area contributed by atoms with E-state index in [1.807, 2.05) is 42.1 Å². The summed E-state index contributed by atoms with van der Waals surface area (Å²) < 4.78 is 1.98. The van der Waals surface area contributed by atoms with E-state index in [-0.39, 0.29) is 0 Å². The molecule has 1 aromatic carbocycles. The van der Waals surface area contributed by atoms with Crippen LogP contribution < -0.4 is 5.32 Å². The Morgan fingerprint density at radius 2 is 2.24 bits per heavy atom. The van der Waals surface area contributed by atoms with Gasteiger partial charge in [-0.2, -0.15) is 0 Å². The molecule has 0 radical (unpaired) electrons. The second-order valence-electron chi connectivity index (χ2n) is 3.91. The molecule has 0 spiro atoms. The average Bonchev–Trinajstić information content (AvgIpc) is 2.92. The number of aryl methyl sites for hydroxylation is 1. The largest absolute Gasteiger partial charge is 0.349 e. The smallest absolute Gasteiger partial charge is 0.201 e. The first-order chi connectivity index (χ1) is 8.33. The van der Waals surface area contributed by atoms with Gasteiger partial charge in [-0.3, -0.25) is 0 Å². The molecule has 3 aromatic rings. The summed E-state index contributed by atoms with van der Waals surface area (Å²) in [6.07, 6.45) is 3.71. The van der Waals surface area contributed by atoms with E-state index in [1.54, 1.807) is 6.20 Å². The minimum atomic E-state index is 0.656. The number of nitrogens with zero attached hydrogens (tertiary/aromatic N) is 3. The quantitative estimate of drug-likeness (QED) is 0.718.